The van der Waals surface area contributed by atoms with Crippen LogP contribution in [0.25, 0.3) is 0 Å². The molecule has 0 saturated carbocycles. The van der Waals surface area contributed by atoms with E-state index in [1.54, 1.807) is 30.5 Å². The van der Waals surface area contributed by atoms with Gasteiger partial charge in [-0.1, -0.05) is 91.9 Å². The summed E-state index contributed by atoms with van der Waals surface area (Å²) in [5, 5.41) is 0.414. The molecule has 8 nitrogen and oxygen atoms in total. The van der Waals surface area contributed by atoms with Gasteiger partial charge in [0.15, 0.2) is 5.12 Å². The lowest BCUT2D eigenvalue weighted by Gasteiger charge is -2.47. The minimum absolute atomic E-state index is 0.114. The molecule has 3 aromatic rings. The van der Waals surface area contributed by atoms with Crippen molar-refractivity contribution in [2.45, 2.75) is 50.4 Å². The summed E-state index contributed by atoms with van der Waals surface area (Å²) in [6.45, 7) is 2.77. The van der Waals surface area contributed by atoms with E-state index in [1.807, 2.05) is 74.8 Å². The van der Waals surface area contributed by atoms with Gasteiger partial charge in [-0.2, -0.15) is 8.42 Å². The Labute approximate surface area is 252 Å². The zero-order valence-corrected chi connectivity index (χ0v) is 25.6. The molecule has 1 aliphatic heterocycles. The zero-order valence-electron chi connectivity index (χ0n) is 24.0. The molecule has 222 valence electrons. The average Bonchev–Trinajstić information content (AvgIpc) is 2.96. The van der Waals surface area contributed by atoms with Crippen LogP contribution in [0, 0.1) is 0 Å². The number of carbonyl (C=O) groups is 1. The summed E-state index contributed by atoms with van der Waals surface area (Å²) in [7, 11) is -0.174. The highest BCUT2D eigenvalue weighted by molar-refractivity contribution is 8.26. The van der Waals surface area contributed by atoms with Gasteiger partial charge in [-0.15, -0.1) is 0 Å². The van der Waals surface area contributed by atoms with Crippen molar-refractivity contribution in [1.29, 1.82) is 0 Å². The van der Waals surface area contributed by atoms with Gasteiger partial charge in [0, 0.05) is 6.42 Å². The number of hydrogen-bond donors (Lipinski definition) is 1. The molecule has 0 spiro atoms. The number of aliphatic imine (C=N–C) groups is 1. The maximum atomic E-state index is 13.3. The summed E-state index contributed by atoms with van der Waals surface area (Å²) >= 11 is 1.05. The van der Waals surface area contributed by atoms with Gasteiger partial charge in [-0.3, -0.25) is 14.2 Å². The van der Waals surface area contributed by atoms with Crippen LogP contribution < -0.4 is 0 Å². The Balaban J connectivity index is 1.59. The Morgan fingerprint density at radius 2 is 1.48 bits per heavy atom. The van der Waals surface area contributed by atoms with Crippen LogP contribution in [-0.4, -0.2) is 53.8 Å². The monoisotopic (exact) mass is 608 g/mol. The second kappa shape index (κ2) is 14.3. The molecule has 0 aromatic heterocycles. The summed E-state index contributed by atoms with van der Waals surface area (Å²) in [5.41, 5.74) is 2.49. The maximum Gasteiger partial charge on any atom is 0.269 e. The van der Waals surface area contributed by atoms with E-state index < -0.39 is 27.5 Å². The molecule has 0 amide bonds. The number of ether oxygens (including phenoxy) is 2. The fraction of sp³-hybridized carbons (Fsp3) is 0.312. The van der Waals surface area contributed by atoms with Crippen molar-refractivity contribution in [3.8, 4) is 0 Å². The molecule has 10 heteroatoms. The number of rotatable bonds is 12. The summed E-state index contributed by atoms with van der Waals surface area (Å²) in [6, 6.07) is 26.4. The third kappa shape index (κ3) is 8.17. The highest BCUT2D eigenvalue weighted by atomic mass is 32.2. The molecule has 0 bridgehead atoms. The topological polar surface area (TPSA) is 106 Å². The Bertz CT molecular complexity index is 1510. The second-order valence-corrected chi connectivity index (χ2v) is 12.8. The number of thioether (sulfide) groups is 1. The predicted molar refractivity (Wildman–Crippen MR) is 166 cm³/mol. The lowest BCUT2D eigenvalue weighted by molar-refractivity contribution is -0.110. The number of nitrogens with zero attached hydrogens (tertiary/aromatic N) is 2. The zero-order chi connectivity index (χ0) is 30.2. The largest absolute Gasteiger partial charge is 0.490 e. The van der Waals surface area contributed by atoms with E-state index in [2.05, 4.69) is 11.8 Å². The Hall–Kier alpha value is -3.28. The van der Waals surface area contributed by atoms with Crippen molar-refractivity contribution >= 4 is 32.0 Å². The van der Waals surface area contributed by atoms with Gasteiger partial charge in [0.1, 0.15) is 34.8 Å². The summed E-state index contributed by atoms with van der Waals surface area (Å²) in [4.78, 5) is 20.1. The SMILES string of the molecule is CCC1(N(C)C)C(OCc2ccccc2)=CN=C(SC(=O)Cc2ccc(CS(=O)(=O)O)cc2)C1OCc1ccccc1. The van der Waals surface area contributed by atoms with Gasteiger partial charge < -0.3 is 9.47 Å². The van der Waals surface area contributed by atoms with Gasteiger partial charge in [0.25, 0.3) is 10.1 Å². The predicted octanol–water partition coefficient (Wildman–Crippen LogP) is 5.64. The molecule has 0 saturated heterocycles. The third-order valence-corrected chi connectivity index (χ3v) is 8.77. The number of carbonyl (C=O) groups excluding carboxylic acids is 1. The van der Waals surface area contributed by atoms with E-state index in [4.69, 9.17) is 19.0 Å². The first-order valence-corrected chi connectivity index (χ1v) is 16.0. The highest BCUT2D eigenvalue weighted by Crippen LogP contribution is 2.40. The summed E-state index contributed by atoms with van der Waals surface area (Å²) in [6.07, 6.45) is 1.88. The van der Waals surface area contributed by atoms with E-state index in [1.165, 1.54) is 0 Å². The molecule has 0 radical (unpaired) electrons. The molecule has 4 rings (SSSR count). The Morgan fingerprint density at radius 1 is 0.905 bits per heavy atom. The maximum absolute atomic E-state index is 13.3. The van der Waals surface area contributed by atoms with Gasteiger partial charge in [0.2, 0.25) is 0 Å². The van der Waals surface area contributed by atoms with Crippen molar-refractivity contribution in [3.05, 3.63) is 119 Å². The number of hydrogen-bond acceptors (Lipinski definition) is 8. The van der Waals surface area contributed by atoms with Gasteiger partial charge in [-0.25, -0.2) is 4.99 Å². The molecule has 3 aromatic carbocycles. The van der Waals surface area contributed by atoms with Crippen molar-refractivity contribution < 1.29 is 27.2 Å². The lowest BCUT2D eigenvalue weighted by Crippen LogP contribution is -2.59. The molecule has 0 aliphatic carbocycles. The second-order valence-electron chi connectivity index (χ2n) is 10.3. The van der Waals surface area contributed by atoms with E-state index in [0.29, 0.717) is 36.0 Å². The van der Waals surface area contributed by atoms with Crippen LogP contribution in [0.4, 0.5) is 0 Å². The lowest BCUT2D eigenvalue weighted by atomic mass is 9.84. The van der Waals surface area contributed by atoms with E-state index in [-0.39, 0.29) is 11.5 Å². The van der Waals surface area contributed by atoms with E-state index in [9.17, 15) is 13.2 Å². The van der Waals surface area contributed by atoms with Crippen LogP contribution in [-0.2, 0) is 49.8 Å². The standard InChI is InChI=1S/C32H36N2O6S2/c1-4-32(34(2)3)28(39-21-25-11-7-5-8-12-25)20-33-31(30(32)40-22-26-13-9-6-10-14-26)41-29(35)19-24-15-17-27(18-16-24)23-42(36,37)38/h5-18,20,30H,4,19,21-23H2,1-3H3,(H,36,37,38). The Morgan fingerprint density at radius 3 is 2.02 bits per heavy atom. The quantitative estimate of drug-likeness (QED) is 0.263. The summed E-state index contributed by atoms with van der Waals surface area (Å²) < 4.78 is 44.4. The molecule has 1 aliphatic rings. The smallest absolute Gasteiger partial charge is 0.269 e. The van der Waals surface area contributed by atoms with Crippen LogP contribution >= 0.6 is 11.8 Å². The first-order chi connectivity index (χ1) is 20.1. The number of likely N-dealkylation sites (N-methyl/N-ethyl adjacent to an activating group) is 1. The molecule has 42 heavy (non-hydrogen) atoms. The highest BCUT2D eigenvalue weighted by Gasteiger charge is 2.50. The fourth-order valence-corrected chi connectivity index (χ4v) is 6.55. The normalized spacial score (nSPS) is 18.8. The molecule has 0 fully saturated rings. The number of benzene rings is 3. The first kappa shape index (κ1) is 31.7. The van der Waals surface area contributed by atoms with Crippen LogP contribution in [0.5, 0.6) is 0 Å². The van der Waals surface area contributed by atoms with Crippen LogP contribution in [0.1, 0.15) is 35.6 Å². The average molecular weight is 609 g/mol. The van der Waals surface area contributed by atoms with Gasteiger partial charge >= 0.3 is 0 Å². The van der Waals surface area contributed by atoms with E-state index >= 15 is 0 Å². The molecule has 1 N–H and O–H groups in total. The minimum Gasteiger partial charge on any atom is -0.490 e. The van der Waals surface area contributed by atoms with Crippen molar-refractivity contribution in [1.82, 2.24) is 4.90 Å². The Kier molecular flexibility index (Phi) is 10.7. The first-order valence-electron chi connectivity index (χ1n) is 13.6. The van der Waals surface area contributed by atoms with Crippen LogP contribution in [0.15, 0.2) is 102 Å². The fourth-order valence-electron chi connectivity index (χ4n) is 4.99. The van der Waals surface area contributed by atoms with Crippen molar-refractivity contribution in [3.63, 3.8) is 0 Å². The van der Waals surface area contributed by atoms with Gasteiger partial charge in [0.05, 0.1) is 12.8 Å². The van der Waals surface area contributed by atoms with E-state index in [0.717, 1.165) is 28.5 Å². The molecular weight excluding hydrogens is 572 g/mol. The van der Waals surface area contributed by atoms with Crippen LogP contribution in [0.3, 0.4) is 0 Å². The van der Waals surface area contributed by atoms with Gasteiger partial charge in [-0.05, 0) is 54.5 Å². The minimum atomic E-state index is -4.13. The summed E-state index contributed by atoms with van der Waals surface area (Å²) in [5.74, 6) is 0.195. The molecule has 2 atom stereocenters. The van der Waals surface area contributed by atoms with Crippen molar-refractivity contribution in [2.75, 3.05) is 14.1 Å². The molecule has 2 unspecified atom stereocenters. The molecule has 1 heterocycles. The molecular formula is C32H36N2O6S2. The van der Waals surface area contributed by atoms with Crippen LogP contribution in [0.2, 0.25) is 0 Å². The van der Waals surface area contributed by atoms with Crippen molar-refractivity contribution in [2.24, 2.45) is 4.99 Å². The third-order valence-electron chi connectivity index (χ3n) is 7.17.